The highest BCUT2D eigenvalue weighted by Crippen LogP contribution is 2.18. The number of fused-ring (bicyclic) bond motifs is 1. The van der Waals surface area contributed by atoms with Gasteiger partial charge in [0.05, 0.1) is 19.2 Å². The number of methoxy groups -OCH3 is 1. The molecule has 0 atom stereocenters. The largest absolute Gasteiger partial charge is 0.464 e. The van der Waals surface area contributed by atoms with Crippen molar-refractivity contribution in [2.45, 2.75) is 6.54 Å². The van der Waals surface area contributed by atoms with Gasteiger partial charge >= 0.3 is 11.7 Å². The number of ether oxygens (including phenoxy) is 1. The minimum absolute atomic E-state index is 0.0633. The van der Waals surface area contributed by atoms with Crippen molar-refractivity contribution in [1.82, 2.24) is 14.5 Å². The zero-order chi connectivity index (χ0) is 15.7. The molecular weight excluding hydrogens is 284 g/mol. The number of pyridine rings is 1. The molecule has 0 spiro atoms. The van der Waals surface area contributed by atoms with Crippen LogP contribution in [0.2, 0.25) is 0 Å². The molecule has 0 fully saturated rings. The van der Waals surface area contributed by atoms with Crippen molar-refractivity contribution >= 4 is 22.8 Å². The molecule has 0 aliphatic rings. The van der Waals surface area contributed by atoms with Crippen LogP contribution in [0, 0.1) is 0 Å². The number of aromatic amines is 1. The van der Waals surface area contributed by atoms with Gasteiger partial charge in [-0.15, -0.1) is 0 Å². The van der Waals surface area contributed by atoms with Gasteiger partial charge in [0.25, 0.3) is 0 Å². The quantitative estimate of drug-likeness (QED) is 0.706. The summed E-state index contributed by atoms with van der Waals surface area (Å²) < 4.78 is 6.16. The van der Waals surface area contributed by atoms with Crippen molar-refractivity contribution in [2.24, 2.45) is 0 Å². The van der Waals surface area contributed by atoms with Gasteiger partial charge in [-0.2, -0.15) is 0 Å². The molecule has 1 aromatic carbocycles. The van der Waals surface area contributed by atoms with Crippen molar-refractivity contribution in [3.8, 4) is 0 Å². The Kier molecular flexibility index (Phi) is 3.38. The van der Waals surface area contributed by atoms with Crippen LogP contribution in [0.5, 0.6) is 0 Å². The molecule has 7 heteroatoms. The minimum atomic E-state index is -0.603. The summed E-state index contributed by atoms with van der Waals surface area (Å²) in [6, 6.07) is 11.0. The van der Waals surface area contributed by atoms with Crippen molar-refractivity contribution < 1.29 is 9.53 Å². The zero-order valence-corrected chi connectivity index (χ0v) is 11.9. The van der Waals surface area contributed by atoms with E-state index in [1.165, 1.54) is 17.7 Å². The molecule has 0 saturated heterocycles. The summed E-state index contributed by atoms with van der Waals surface area (Å²) in [6.07, 6.45) is 0. The van der Waals surface area contributed by atoms with Crippen LogP contribution in [-0.4, -0.2) is 27.6 Å². The number of aromatic nitrogens is 3. The maximum absolute atomic E-state index is 12.2. The fourth-order valence-corrected chi connectivity index (χ4v) is 2.31. The van der Waals surface area contributed by atoms with Crippen LogP contribution in [0.1, 0.15) is 16.1 Å². The molecule has 0 radical (unpaired) electrons. The number of nitrogen functional groups attached to an aromatic ring is 1. The fraction of sp³-hybridized carbons (Fsp3) is 0.133. The van der Waals surface area contributed by atoms with E-state index in [1.807, 2.05) is 30.3 Å². The third kappa shape index (κ3) is 2.32. The van der Waals surface area contributed by atoms with Gasteiger partial charge in [0.15, 0.2) is 5.69 Å². The molecule has 3 rings (SSSR count). The smallest absolute Gasteiger partial charge is 0.356 e. The van der Waals surface area contributed by atoms with Gasteiger partial charge in [-0.25, -0.2) is 14.6 Å². The lowest BCUT2D eigenvalue weighted by atomic mass is 10.2. The van der Waals surface area contributed by atoms with Crippen LogP contribution in [0.15, 0.2) is 41.2 Å². The lowest BCUT2D eigenvalue weighted by Gasteiger charge is -2.05. The van der Waals surface area contributed by atoms with Crippen LogP contribution in [0.25, 0.3) is 11.0 Å². The summed E-state index contributed by atoms with van der Waals surface area (Å²) >= 11 is 0. The SMILES string of the molecule is COC(=O)c1cc2c([nH]c(=O)n2Cc2ccccc2)c(N)n1. The molecule has 112 valence electrons. The number of hydrogen-bond acceptors (Lipinski definition) is 5. The zero-order valence-electron chi connectivity index (χ0n) is 11.9. The summed E-state index contributed by atoms with van der Waals surface area (Å²) in [6.45, 7) is 0.365. The standard InChI is InChI=1S/C15H14N4O3/c1-22-14(20)10-7-11-12(13(16)17-10)18-15(21)19(11)8-9-5-3-2-4-6-9/h2-7H,8H2,1H3,(H2,16,17)(H,18,21). The number of anilines is 1. The fourth-order valence-electron chi connectivity index (χ4n) is 2.31. The molecule has 0 saturated carbocycles. The number of nitrogens with zero attached hydrogens (tertiary/aromatic N) is 2. The maximum Gasteiger partial charge on any atom is 0.356 e. The summed E-state index contributed by atoms with van der Waals surface area (Å²) in [5.74, 6) is -0.518. The summed E-state index contributed by atoms with van der Waals surface area (Å²) in [5.41, 5.74) is 7.46. The van der Waals surface area contributed by atoms with Crippen LogP contribution in [0.3, 0.4) is 0 Å². The number of benzene rings is 1. The predicted molar refractivity (Wildman–Crippen MR) is 81.6 cm³/mol. The summed E-state index contributed by atoms with van der Waals surface area (Å²) in [7, 11) is 1.26. The molecule has 0 amide bonds. The Balaban J connectivity index is 2.17. The number of imidazole rings is 1. The van der Waals surface area contributed by atoms with Gasteiger partial charge in [-0.1, -0.05) is 30.3 Å². The Morgan fingerprint density at radius 1 is 1.36 bits per heavy atom. The molecule has 2 aromatic heterocycles. The highest BCUT2D eigenvalue weighted by molar-refractivity contribution is 5.94. The topological polar surface area (TPSA) is 103 Å². The lowest BCUT2D eigenvalue weighted by Crippen LogP contribution is -2.17. The Labute approximate surface area is 125 Å². The van der Waals surface area contributed by atoms with E-state index in [0.717, 1.165) is 5.56 Å². The molecule has 22 heavy (non-hydrogen) atoms. The number of esters is 1. The van der Waals surface area contributed by atoms with Gasteiger partial charge in [0.2, 0.25) is 0 Å². The Hall–Kier alpha value is -3.09. The first-order valence-electron chi connectivity index (χ1n) is 6.61. The molecular formula is C15H14N4O3. The first kappa shape index (κ1) is 13.9. The molecule has 0 aliphatic carbocycles. The summed E-state index contributed by atoms with van der Waals surface area (Å²) in [4.78, 5) is 30.4. The van der Waals surface area contributed by atoms with Gasteiger partial charge in [0.1, 0.15) is 11.3 Å². The molecule has 0 unspecified atom stereocenters. The molecule has 7 nitrogen and oxygen atoms in total. The summed E-state index contributed by atoms with van der Waals surface area (Å²) in [5, 5.41) is 0. The van der Waals surface area contributed by atoms with Crippen molar-refractivity contribution in [3.63, 3.8) is 0 Å². The van der Waals surface area contributed by atoms with Crippen LogP contribution in [-0.2, 0) is 11.3 Å². The van der Waals surface area contributed by atoms with Gasteiger partial charge in [0, 0.05) is 0 Å². The van der Waals surface area contributed by atoms with E-state index < -0.39 is 5.97 Å². The number of carbonyl (C=O) groups excluding carboxylic acids is 1. The normalized spacial score (nSPS) is 10.8. The second-order valence-electron chi connectivity index (χ2n) is 4.78. The number of nitrogens with two attached hydrogens (primary N) is 1. The van der Waals surface area contributed by atoms with E-state index in [-0.39, 0.29) is 17.2 Å². The number of carbonyl (C=O) groups is 1. The first-order chi connectivity index (χ1) is 10.6. The van der Waals surface area contributed by atoms with E-state index in [9.17, 15) is 9.59 Å². The van der Waals surface area contributed by atoms with Crippen molar-refractivity contribution in [3.05, 3.63) is 58.1 Å². The maximum atomic E-state index is 12.2. The highest BCUT2D eigenvalue weighted by Gasteiger charge is 2.16. The van der Waals surface area contributed by atoms with Gasteiger partial charge < -0.3 is 15.5 Å². The third-order valence-corrected chi connectivity index (χ3v) is 3.37. The molecule has 0 aliphatic heterocycles. The lowest BCUT2D eigenvalue weighted by molar-refractivity contribution is 0.0594. The molecule has 2 heterocycles. The molecule has 3 aromatic rings. The Morgan fingerprint density at radius 3 is 2.77 bits per heavy atom. The highest BCUT2D eigenvalue weighted by atomic mass is 16.5. The molecule has 3 N–H and O–H groups in total. The van der Waals surface area contributed by atoms with E-state index in [4.69, 9.17) is 5.73 Å². The monoisotopic (exact) mass is 298 g/mol. The number of rotatable bonds is 3. The van der Waals surface area contributed by atoms with Crippen LogP contribution < -0.4 is 11.4 Å². The second-order valence-corrected chi connectivity index (χ2v) is 4.78. The number of H-pyrrole nitrogens is 1. The van der Waals surface area contributed by atoms with E-state index in [0.29, 0.717) is 17.6 Å². The van der Waals surface area contributed by atoms with E-state index in [1.54, 1.807) is 0 Å². The van der Waals surface area contributed by atoms with Gasteiger partial charge in [-0.3, -0.25) is 4.57 Å². The van der Waals surface area contributed by atoms with Crippen molar-refractivity contribution in [2.75, 3.05) is 12.8 Å². The third-order valence-electron chi connectivity index (χ3n) is 3.37. The van der Waals surface area contributed by atoms with Gasteiger partial charge in [-0.05, 0) is 11.6 Å². The van der Waals surface area contributed by atoms with E-state index >= 15 is 0 Å². The van der Waals surface area contributed by atoms with Crippen LogP contribution in [0.4, 0.5) is 5.82 Å². The Morgan fingerprint density at radius 2 is 2.09 bits per heavy atom. The molecule has 0 bridgehead atoms. The number of hydrogen-bond donors (Lipinski definition) is 2. The average Bonchev–Trinajstić information content (AvgIpc) is 2.84. The average molecular weight is 298 g/mol. The number of nitrogens with one attached hydrogen (secondary N) is 1. The second kappa shape index (κ2) is 5.36. The first-order valence-corrected chi connectivity index (χ1v) is 6.61. The minimum Gasteiger partial charge on any atom is -0.464 e. The van der Waals surface area contributed by atoms with Crippen LogP contribution >= 0.6 is 0 Å². The van der Waals surface area contributed by atoms with E-state index in [2.05, 4.69) is 14.7 Å². The van der Waals surface area contributed by atoms with Crippen molar-refractivity contribution in [1.29, 1.82) is 0 Å². The predicted octanol–water partition coefficient (Wildman–Crippen LogP) is 1.14. The Bertz CT molecular complexity index is 896.